The molecule has 4 rings (SSSR count). The van der Waals surface area contributed by atoms with Crippen LogP contribution in [0.4, 0.5) is 11.4 Å². The van der Waals surface area contributed by atoms with Crippen molar-refractivity contribution in [2.45, 2.75) is 13.3 Å². The Balaban J connectivity index is 1.57. The van der Waals surface area contributed by atoms with E-state index in [0.29, 0.717) is 23.5 Å². The molecule has 0 amide bonds. The molecule has 0 saturated carbocycles. The van der Waals surface area contributed by atoms with E-state index in [0.717, 1.165) is 28.3 Å². The van der Waals surface area contributed by atoms with Gasteiger partial charge in [0.2, 0.25) is 0 Å². The van der Waals surface area contributed by atoms with E-state index < -0.39 is 0 Å². The molecule has 0 aliphatic carbocycles. The van der Waals surface area contributed by atoms with E-state index >= 15 is 0 Å². The van der Waals surface area contributed by atoms with E-state index in [-0.39, 0.29) is 0 Å². The Bertz CT molecular complexity index is 1160. The number of hydrogen-bond donors (Lipinski definition) is 2. The summed E-state index contributed by atoms with van der Waals surface area (Å²) in [5, 5.41) is 12.9. The van der Waals surface area contributed by atoms with Gasteiger partial charge in [0, 0.05) is 36.3 Å². The standard InChI is InChI=1S/C24H20N4O/c1-17-5-2-3-8-22(17)28-20-6-4-7-21(15-20)29-23-13-18(9-10-19(23)16-25)14-24-26-11-12-27-24/h2-13,15,28H,14H2,1H3,(H,26,27). The lowest BCUT2D eigenvalue weighted by Gasteiger charge is -2.12. The van der Waals surface area contributed by atoms with E-state index in [1.807, 2.05) is 54.6 Å². The molecule has 5 heteroatoms. The average Bonchev–Trinajstić information content (AvgIpc) is 3.23. The number of H-pyrrole nitrogens is 1. The van der Waals surface area contributed by atoms with Crippen LogP contribution in [0.25, 0.3) is 0 Å². The molecule has 0 radical (unpaired) electrons. The van der Waals surface area contributed by atoms with Gasteiger partial charge in [0.1, 0.15) is 23.4 Å². The first kappa shape index (κ1) is 18.3. The number of hydrogen-bond acceptors (Lipinski definition) is 4. The highest BCUT2D eigenvalue weighted by atomic mass is 16.5. The summed E-state index contributed by atoms with van der Waals surface area (Å²) < 4.78 is 6.08. The van der Waals surface area contributed by atoms with Crippen LogP contribution < -0.4 is 10.1 Å². The van der Waals surface area contributed by atoms with Gasteiger partial charge in [0.05, 0.1) is 5.56 Å². The second-order valence-electron chi connectivity index (χ2n) is 6.72. The van der Waals surface area contributed by atoms with Crippen LogP contribution in [0.2, 0.25) is 0 Å². The quantitative estimate of drug-likeness (QED) is 0.449. The number of imidazole rings is 1. The van der Waals surface area contributed by atoms with E-state index in [9.17, 15) is 5.26 Å². The number of anilines is 2. The summed E-state index contributed by atoms with van der Waals surface area (Å²) in [5.74, 6) is 2.06. The Hall–Kier alpha value is -4.04. The molecule has 1 heterocycles. The van der Waals surface area contributed by atoms with Crippen LogP contribution in [-0.4, -0.2) is 9.97 Å². The number of aromatic amines is 1. The number of ether oxygens (including phenoxy) is 1. The summed E-state index contributed by atoms with van der Waals surface area (Å²) in [5.41, 5.74) is 4.63. The fourth-order valence-electron chi connectivity index (χ4n) is 3.07. The SMILES string of the molecule is Cc1ccccc1Nc1cccc(Oc2cc(Cc3ncc[nH]3)ccc2C#N)c1. The van der Waals surface area contributed by atoms with Crippen molar-refractivity contribution in [2.75, 3.05) is 5.32 Å². The number of nitriles is 1. The van der Waals surface area contributed by atoms with Crippen molar-refractivity contribution in [3.05, 3.63) is 102 Å². The molecule has 0 aliphatic rings. The van der Waals surface area contributed by atoms with Crippen LogP contribution in [0.1, 0.15) is 22.5 Å². The van der Waals surface area contributed by atoms with Gasteiger partial charge in [0.15, 0.2) is 0 Å². The van der Waals surface area contributed by atoms with Crippen molar-refractivity contribution >= 4 is 11.4 Å². The van der Waals surface area contributed by atoms with Crippen LogP contribution in [0, 0.1) is 18.3 Å². The van der Waals surface area contributed by atoms with Gasteiger partial charge in [-0.05, 0) is 48.4 Å². The van der Waals surface area contributed by atoms with Crippen LogP contribution in [0.5, 0.6) is 11.5 Å². The maximum atomic E-state index is 9.46. The Morgan fingerprint density at radius 3 is 2.76 bits per heavy atom. The van der Waals surface area contributed by atoms with Crippen molar-refractivity contribution in [3.63, 3.8) is 0 Å². The molecule has 3 aromatic carbocycles. The molecule has 5 nitrogen and oxygen atoms in total. The number of nitrogens with one attached hydrogen (secondary N) is 2. The minimum atomic E-state index is 0.491. The van der Waals surface area contributed by atoms with Gasteiger partial charge >= 0.3 is 0 Å². The van der Waals surface area contributed by atoms with E-state index in [2.05, 4.69) is 34.3 Å². The number of rotatable bonds is 6. The Labute approximate surface area is 169 Å². The van der Waals surface area contributed by atoms with E-state index in [1.165, 1.54) is 0 Å². The van der Waals surface area contributed by atoms with E-state index in [1.54, 1.807) is 18.5 Å². The first-order valence-electron chi connectivity index (χ1n) is 9.33. The van der Waals surface area contributed by atoms with Crippen LogP contribution in [0.15, 0.2) is 79.1 Å². The molecule has 4 aromatic rings. The molecule has 2 N–H and O–H groups in total. The zero-order valence-corrected chi connectivity index (χ0v) is 16.0. The second kappa shape index (κ2) is 8.32. The van der Waals surface area contributed by atoms with Gasteiger partial charge in [-0.15, -0.1) is 0 Å². The smallest absolute Gasteiger partial charge is 0.145 e. The Morgan fingerprint density at radius 2 is 1.97 bits per heavy atom. The zero-order valence-electron chi connectivity index (χ0n) is 16.0. The number of aryl methyl sites for hydroxylation is 1. The lowest BCUT2D eigenvalue weighted by Crippen LogP contribution is -1.96. The predicted molar refractivity (Wildman–Crippen MR) is 114 cm³/mol. The van der Waals surface area contributed by atoms with Crippen molar-refractivity contribution in [1.29, 1.82) is 5.26 Å². The summed E-state index contributed by atoms with van der Waals surface area (Å²) in [4.78, 5) is 7.35. The molecule has 0 unspecified atom stereocenters. The maximum Gasteiger partial charge on any atom is 0.145 e. The lowest BCUT2D eigenvalue weighted by atomic mass is 10.1. The summed E-state index contributed by atoms with van der Waals surface area (Å²) >= 11 is 0. The average molecular weight is 380 g/mol. The minimum Gasteiger partial charge on any atom is -0.456 e. The highest BCUT2D eigenvalue weighted by Crippen LogP contribution is 2.30. The number of nitrogens with zero attached hydrogens (tertiary/aromatic N) is 2. The molecule has 0 spiro atoms. The minimum absolute atomic E-state index is 0.491. The summed E-state index contributed by atoms with van der Waals surface area (Å²) in [6, 6.07) is 23.6. The lowest BCUT2D eigenvalue weighted by molar-refractivity contribution is 0.481. The van der Waals surface area contributed by atoms with Crippen LogP contribution in [0.3, 0.4) is 0 Å². The number of benzene rings is 3. The van der Waals surface area contributed by atoms with Crippen molar-refractivity contribution < 1.29 is 4.74 Å². The topological polar surface area (TPSA) is 73.7 Å². The van der Waals surface area contributed by atoms with Gasteiger partial charge in [-0.25, -0.2) is 4.98 Å². The molecular weight excluding hydrogens is 360 g/mol. The first-order valence-corrected chi connectivity index (χ1v) is 9.33. The molecule has 0 bridgehead atoms. The third-order valence-corrected chi connectivity index (χ3v) is 4.58. The van der Waals surface area contributed by atoms with Crippen molar-refractivity contribution in [2.24, 2.45) is 0 Å². The largest absolute Gasteiger partial charge is 0.456 e. The molecule has 0 atom stereocenters. The normalized spacial score (nSPS) is 10.3. The Morgan fingerprint density at radius 1 is 1.07 bits per heavy atom. The van der Waals surface area contributed by atoms with Gasteiger partial charge in [-0.3, -0.25) is 0 Å². The second-order valence-corrected chi connectivity index (χ2v) is 6.72. The fourth-order valence-corrected chi connectivity index (χ4v) is 3.07. The van der Waals surface area contributed by atoms with E-state index in [4.69, 9.17) is 4.74 Å². The molecule has 29 heavy (non-hydrogen) atoms. The van der Waals surface area contributed by atoms with Crippen LogP contribution in [-0.2, 0) is 6.42 Å². The molecule has 142 valence electrons. The third kappa shape index (κ3) is 4.45. The maximum absolute atomic E-state index is 9.46. The first-order chi connectivity index (χ1) is 14.2. The predicted octanol–water partition coefficient (Wildman–Crippen LogP) is 5.72. The van der Waals surface area contributed by atoms with Crippen LogP contribution >= 0.6 is 0 Å². The zero-order chi connectivity index (χ0) is 20.1. The third-order valence-electron chi connectivity index (χ3n) is 4.58. The monoisotopic (exact) mass is 380 g/mol. The van der Waals surface area contributed by atoms with Gasteiger partial charge in [-0.1, -0.05) is 30.3 Å². The van der Waals surface area contributed by atoms with Crippen molar-refractivity contribution in [3.8, 4) is 17.6 Å². The molecule has 0 saturated heterocycles. The summed E-state index contributed by atoms with van der Waals surface area (Å²) in [7, 11) is 0. The molecule has 1 aromatic heterocycles. The summed E-state index contributed by atoms with van der Waals surface area (Å²) in [6.45, 7) is 2.06. The molecular formula is C24H20N4O. The number of para-hydroxylation sites is 1. The highest BCUT2D eigenvalue weighted by Gasteiger charge is 2.09. The highest BCUT2D eigenvalue weighted by molar-refractivity contribution is 5.64. The number of aromatic nitrogens is 2. The van der Waals surface area contributed by atoms with Gasteiger partial charge in [-0.2, -0.15) is 5.26 Å². The Kier molecular flexibility index (Phi) is 5.26. The molecule has 0 fully saturated rings. The van der Waals surface area contributed by atoms with Gasteiger partial charge in [0.25, 0.3) is 0 Å². The van der Waals surface area contributed by atoms with Gasteiger partial charge < -0.3 is 15.0 Å². The summed E-state index contributed by atoms with van der Waals surface area (Å²) in [6.07, 6.45) is 4.16. The molecule has 0 aliphatic heterocycles. The van der Waals surface area contributed by atoms with Crippen molar-refractivity contribution in [1.82, 2.24) is 9.97 Å². The fraction of sp³-hybridized carbons (Fsp3) is 0.0833.